The summed E-state index contributed by atoms with van der Waals surface area (Å²) < 4.78 is 86.1. The first-order valence-electron chi connectivity index (χ1n) is 9.04. The first-order chi connectivity index (χ1) is 15.0. The molecule has 1 saturated heterocycles. The van der Waals surface area contributed by atoms with Gasteiger partial charge in [0, 0.05) is 12.6 Å². The predicted molar refractivity (Wildman–Crippen MR) is 111 cm³/mol. The first-order valence-corrected chi connectivity index (χ1v) is 12.4. The number of sulfonamides is 1. The molecule has 1 aliphatic heterocycles. The number of benzene rings is 1. The summed E-state index contributed by atoms with van der Waals surface area (Å²) >= 11 is 0. The van der Waals surface area contributed by atoms with Crippen LogP contribution in [0.3, 0.4) is 0 Å². The second kappa shape index (κ2) is 7.98. The van der Waals surface area contributed by atoms with Crippen molar-refractivity contribution in [2.24, 2.45) is 0 Å². The van der Waals surface area contributed by atoms with Gasteiger partial charge >= 0.3 is 11.5 Å². The number of amides is 3. The molecule has 1 unspecified atom stereocenters. The lowest BCUT2D eigenvalue weighted by molar-refractivity contribution is -0.121. The number of imide groups is 1. The van der Waals surface area contributed by atoms with Gasteiger partial charge in [0.25, 0.3) is 15.7 Å². The summed E-state index contributed by atoms with van der Waals surface area (Å²) in [6, 6.07) is 5.17. The Morgan fingerprint density at radius 1 is 1.09 bits per heavy atom. The van der Waals surface area contributed by atoms with Crippen LogP contribution in [0.15, 0.2) is 47.5 Å². The number of nitrogens with one attached hydrogen (secondary N) is 2. The van der Waals surface area contributed by atoms with E-state index in [1.165, 1.54) is 25.3 Å². The highest BCUT2D eigenvalue weighted by Gasteiger charge is 2.49. The number of pyridine rings is 1. The predicted octanol–water partition coefficient (Wildman–Crippen LogP) is 1.80. The highest BCUT2D eigenvalue weighted by Crippen LogP contribution is 2.33. The number of aromatic nitrogens is 1. The summed E-state index contributed by atoms with van der Waals surface area (Å²) in [6.07, 6.45) is 2.19. The average molecular weight is 506 g/mol. The van der Waals surface area contributed by atoms with E-state index >= 15 is 0 Å². The molecule has 3 amide bonds. The van der Waals surface area contributed by atoms with Crippen LogP contribution in [0.2, 0.25) is 0 Å². The van der Waals surface area contributed by atoms with Gasteiger partial charge in [0.15, 0.2) is 0 Å². The first kappa shape index (κ1) is 24.4. The molecule has 1 aliphatic rings. The average Bonchev–Trinajstić information content (AvgIpc) is 2.88. The third-order valence-corrected chi connectivity index (χ3v) is 6.73. The molecule has 0 spiro atoms. The normalized spacial score (nSPS) is 19.5. The van der Waals surface area contributed by atoms with Crippen LogP contribution in [-0.2, 0) is 31.1 Å². The number of hydrogen-bond acceptors (Lipinski definition) is 7. The highest BCUT2D eigenvalue weighted by atomic mass is 32.2. The van der Waals surface area contributed by atoms with Gasteiger partial charge in [-0.25, -0.2) is 31.5 Å². The lowest BCUT2D eigenvalue weighted by atomic mass is 9.93. The summed E-state index contributed by atoms with van der Waals surface area (Å²) in [5.41, 5.74) is -6.64. The summed E-state index contributed by atoms with van der Waals surface area (Å²) in [5, 5.41) is 2.49. The molecule has 3 rings (SSSR count). The molecular weight excluding hydrogens is 489 g/mol. The molecular formula is C18H17F3N4O6S2. The maximum Gasteiger partial charge on any atom is 0.501 e. The SMILES string of the molecule is CC1(Cc2ccnc(NS(C)(=O)=O)c2)NC(=O)N(c2ccc(S(=O)(=O)C(F)(F)F)cc2)C1=O. The van der Waals surface area contributed by atoms with Gasteiger partial charge in [-0.05, 0) is 48.9 Å². The van der Waals surface area contributed by atoms with E-state index in [2.05, 4.69) is 15.0 Å². The standard InChI is InChI=1S/C18H17F3N4O6S2/c1-17(10-11-7-8-22-14(9-11)24-32(2,28)29)15(26)25(16(27)23-17)12-3-5-13(6-4-12)33(30,31)18(19,20)21/h3-9H,10H2,1-2H3,(H,22,24)(H,23,27). The number of sulfone groups is 1. The molecule has 15 heteroatoms. The Bertz CT molecular complexity index is 1330. The zero-order valence-corrected chi connectivity index (χ0v) is 18.7. The van der Waals surface area contributed by atoms with E-state index in [-0.39, 0.29) is 17.9 Å². The molecule has 2 heterocycles. The molecule has 1 aromatic heterocycles. The Hall–Kier alpha value is -3.20. The Labute approximate surface area is 186 Å². The molecule has 1 atom stereocenters. The maximum atomic E-state index is 13.0. The number of carbonyl (C=O) groups is 2. The minimum Gasteiger partial charge on any atom is -0.323 e. The smallest absolute Gasteiger partial charge is 0.323 e. The number of nitrogens with zero attached hydrogens (tertiary/aromatic N) is 2. The van der Waals surface area contributed by atoms with Crippen LogP contribution in [0.5, 0.6) is 0 Å². The highest BCUT2D eigenvalue weighted by molar-refractivity contribution is 7.92. The fourth-order valence-corrected chi connectivity index (χ4v) is 4.44. The quantitative estimate of drug-likeness (QED) is 0.569. The van der Waals surface area contributed by atoms with Gasteiger partial charge in [0.05, 0.1) is 16.8 Å². The Morgan fingerprint density at radius 2 is 1.70 bits per heavy atom. The maximum absolute atomic E-state index is 13.0. The number of anilines is 2. The number of carbonyl (C=O) groups excluding carboxylic acids is 2. The molecule has 10 nitrogen and oxygen atoms in total. The fraction of sp³-hybridized carbons (Fsp3) is 0.278. The summed E-state index contributed by atoms with van der Waals surface area (Å²) in [5.74, 6) is -0.734. The Kier molecular flexibility index (Phi) is 5.91. The van der Waals surface area contributed by atoms with Gasteiger partial charge in [0.1, 0.15) is 11.4 Å². The molecule has 0 radical (unpaired) electrons. The van der Waals surface area contributed by atoms with Gasteiger partial charge in [0.2, 0.25) is 10.0 Å². The molecule has 0 aliphatic carbocycles. The van der Waals surface area contributed by atoms with Crippen molar-refractivity contribution in [2.45, 2.75) is 29.3 Å². The zero-order chi connectivity index (χ0) is 24.8. The Morgan fingerprint density at radius 3 is 2.24 bits per heavy atom. The van der Waals surface area contributed by atoms with Crippen LogP contribution in [0.1, 0.15) is 12.5 Å². The Balaban J connectivity index is 1.86. The number of halogens is 3. The van der Waals surface area contributed by atoms with E-state index in [4.69, 9.17) is 0 Å². The van der Waals surface area contributed by atoms with Crippen LogP contribution < -0.4 is 14.9 Å². The van der Waals surface area contributed by atoms with Crippen LogP contribution in [0, 0.1) is 0 Å². The van der Waals surface area contributed by atoms with Gasteiger partial charge in [-0.15, -0.1) is 0 Å². The van der Waals surface area contributed by atoms with Crippen molar-refractivity contribution < 1.29 is 39.6 Å². The lowest BCUT2D eigenvalue weighted by Gasteiger charge is -2.22. The molecule has 0 bridgehead atoms. The van der Waals surface area contributed by atoms with Crippen molar-refractivity contribution in [3.63, 3.8) is 0 Å². The fourth-order valence-electron chi connectivity index (χ4n) is 3.18. The van der Waals surface area contributed by atoms with E-state index < -0.39 is 47.7 Å². The topological polar surface area (TPSA) is 143 Å². The number of alkyl halides is 3. The van der Waals surface area contributed by atoms with E-state index in [0.717, 1.165) is 18.4 Å². The van der Waals surface area contributed by atoms with Gasteiger partial charge in [-0.2, -0.15) is 13.2 Å². The third-order valence-electron chi connectivity index (χ3n) is 4.64. The van der Waals surface area contributed by atoms with E-state index in [1.54, 1.807) is 0 Å². The molecule has 2 aromatic rings. The van der Waals surface area contributed by atoms with Crippen molar-refractivity contribution in [1.82, 2.24) is 10.3 Å². The van der Waals surface area contributed by atoms with Crippen molar-refractivity contribution in [2.75, 3.05) is 15.9 Å². The van der Waals surface area contributed by atoms with Crippen LogP contribution in [0.4, 0.5) is 29.5 Å². The zero-order valence-electron chi connectivity index (χ0n) is 17.0. The van der Waals surface area contributed by atoms with Crippen LogP contribution in [0.25, 0.3) is 0 Å². The molecule has 33 heavy (non-hydrogen) atoms. The summed E-state index contributed by atoms with van der Waals surface area (Å²) in [7, 11) is -9.18. The number of hydrogen-bond donors (Lipinski definition) is 2. The van der Waals surface area contributed by atoms with E-state index in [9.17, 15) is 39.6 Å². The molecule has 1 aromatic carbocycles. The van der Waals surface area contributed by atoms with E-state index in [0.29, 0.717) is 22.6 Å². The summed E-state index contributed by atoms with van der Waals surface area (Å²) in [6.45, 7) is 1.42. The van der Waals surface area contributed by atoms with Crippen molar-refractivity contribution in [1.29, 1.82) is 0 Å². The monoisotopic (exact) mass is 506 g/mol. The van der Waals surface area contributed by atoms with Gasteiger partial charge < -0.3 is 5.32 Å². The minimum atomic E-state index is -5.58. The third kappa shape index (κ3) is 4.93. The summed E-state index contributed by atoms with van der Waals surface area (Å²) in [4.78, 5) is 29.0. The lowest BCUT2D eigenvalue weighted by Crippen LogP contribution is -2.46. The number of rotatable bonds is 6. The molecule has 178 valence electrons. The molecule has 0 saturated carbocycles. The second-order valence-electron chi connectivity index (χ2n) is 7.45. The molecule has 1 fully saturated rings. The van der Waals surface area contributed by atoms with Gasteiger partial charge in [-0.3, -0.25) is 9.52 Å². The largest absolute Gasteiger partial charge is 0.501 e. The van der Waals surface area contributed by atoms with Crippen molar-refractivity contribution in [3.05, 3.63) is 48.2 Å². The number of urea groups is 1. The minimum absolute atomic E-state index is 0.00805. The second-order valence-corrected chi connectivity index (χ2v) is 11.1. The van der Waals surface area contributed by atoms with E-state index in [1.807, 2.05) is 0 Å². The molecule has 2 N–H and O–H groups in total. The van der Waals surface area contributed by atoms with Crippen molar-refractivity contribution >= 4 is 43.3 Å². The van der Waals surface area contributed by atoms with Crippen molar-refractivity contribution in [3.8, 4) is 0 Å². The van der Waals surface area contributed by atoms with Crippen LogP contribution in [-0.4, -0.2) is 51.1 Å². The van der Waals surface area contributed by atoms with Crippen LogP contribution >= 0.6 is 0 Å². The van der Waals surface area contributed by atoms with Gasteiger partial charge in [-0.1, -0.05) is 0 Å².